The Labute approximate surface area is 232 Å². The number of hydrogen-bond donors (Lipinski definition) is 2. The summed E-state index contributed by atoms with van der Waals surface area (Å²) in [5.74, 6) is 1.77. The summed E-state index contributed by atoms with van der Waals surface area (Å²) in [6.45, 7) is 6.48. The number of rotatable bonds is 7. The number of hydrogen-bond acceptors (Lipinski definition) is 10. The molecule has 1 saturated heterocycles. The molecule has 1 N–H and O–H groups in total. The minimum Gasteiger partial charge on any atom is -0.494 e. The van der Waals surface area contributed by atoms with Crippen LogP contribution in [-0.2, 0) is 4.74 Å². The molecular weight excluding hydrogens is 519 g/mol. The molecule has 3 heterocycles. The summed E-state index contributed by atoms with van der Waals surface area (Å²) < 4.78 is 33.5. The molecule has 1 fully saturated rings. The Kier molecular flexibility index (Phi) is 8.18. The smallest absolute Gasteiger partial charge is 0.163 e. The van der Waals surface area contributed by atoms with Gasteiger partial charge in [0.1, 0.15) is 35.1 Å². The average molecular weight is 551 g/mol. The molecule has 2 aliphatic rings. The van der Waals surface area contributed by atoms with Crippen LogP contribution >= 0.6 is 12.6 Å². The summed E-state index contributed by atoms with van der Waals surface area (Å²) in [6.07, 6.45) is 8.85. The normalized spacial score (nSPS) is 17.9. The van der Waals surface area contributed by atoms with Gasteiger partial charge in [0.05, 0.1) is 37.8 Å². The van der Waals surface area contributed by atoms with Gasteiger partial charge in [-0.15, -0.1) is 0 Å². The number of fused-ring (bicyclic) bond motifs is 1. The van der Waals surface area contributed by atoms with E-state index in [1.807, 2.05) is 60.3 Å². The largest absolute Gasteiger partial charge is 0.494 e. The summed E-state index contributed by atoms with van der Waals surface area (Å²) >= 11 is 4.58. The molecule has 1 atom stereocenters. The van der Waals surface area contributed by atoms with E-state index in [4.69, 9.17) is 14.2 Å². The maximum Gasteiger partial charge on any atom is 0.163 e. The van der Waals surface area contributed by atoms with Crippen molar-refractivity contribution in [3.8, 4) is 11.5 Å². The number of anilines is 3. The van der Waals surface area contributed by atoms with E-state index < -0.39 is 5.82 Å². The van der Waals surface area contributed by atoms with Crippen molar-refractivity contribution in [1.82, 2.24) is 15.0 Å². The van der Waals surface area contributed by atoms with E-state index in [9.17, 15) is 0 Å². The molecule has 1 unspecified atom stereocenters. The van der Waals surface area contributed by atoms with Crippen molar-refractivity contribution in [3.63, 3.8) is 0 Å². The topological polar surface area (TPSA) is 84.3 Å². The van der Waals surface area contributed by atoms with Gasteiger partial charge in [-0.2, -0.15) is 17.7 Å². The van der Waals surface area contributed by atoms with E-state index in [1.165, 1.54) is 13.4 Å². The van der Waals surface area contributed by atoms with Gasteiger partial charge in [0.2, 0.25) is 0 Å². The molecule has 0 amide bonds. The third-order valence-corrected chi connectivity index (χ3v) is 6.72. The number of methoxy groups -OCH3 is 1. The number of aromatic nitrogens is 2. The molecule has 5 rings (SSSR count). The summed E-state index contributed by atoms with van der Waals surface area (Å²) in [4.78, 5) is 10.6. The van der Waals surface area contributed by atoms with Crippen LogP contribution in [0.1, 0.15) is 12.5 Å². The quantitative estimate of drug-likeness (QED) is 0.312. The van der Waals surface area contributed by atoms with E-state index in [0.717, 1.165) is 22.8 Å². The molecule has 1 aromatic heterocycles. The van der Waals surface area contributed by atoms with Crippen LogP contribution < -0.4 is 19.7 Å². The van der Waals surface area contributed by atoms with Gasteiger partial charge in [-0.25, -0.2) is 14.4 Å². The van der Waals surface area contributed by atoms with Crippen molar-refractivity contribution in [2.75, 3.05) is 50.2 Å². The van der Waals surface area contributed by atoms with Gasteiger partial charge >= 0.3 is 0 Å². The molecule has 0 bridgehead atoms. The van der Waals surface area contributed by atoms with Crippen LogP contribution in [0.25, 0.3) is 10.9 Å². The molecule has 11 heteroatoms. The second kappa shape index (κ2) is 11.9. The number of nitrogens with one attached hydrogen (secondary N) is 1. The van der Waals surface area contributed by atoms with Crippen molar-refractivity contribution in [2.45, 2.75) is 19.1 Å². The highest BCUT2D eigenvalue weighted by molar-refractivity contribution is 7.81. The Morgan fingerprint density at radius 1 is 1.26 bits per heavy atom. The lowest BCUT2D eigenvalue weighted by Crippen LogP contribution is -2.31. The highest BCUT2D eigenvalue weighted by Crippen LogP contribution is 2.40. The standard InChI is InChI=1S/C28H31FN6O3S/c1-4-32-35-9-7-20(8-10-35)38-23-6-5-19(13-18(23)2)33-28-25-22(30-17-31-28)14-24(36-3)27(26(25)29)34-11-12-37-16-21(39)15-34/h4-9,13-14,17,21,39H,10-12,15-16H2,1-3H3,(H,30,31,33)/b32-4-. The number of halogens is 1. The van der Waals surface area contributed by atoms with Gasteiger partial charge in [-0.1, -0.05) is 0 Å². The second-order valence-corrected chi connectivity index (χ2v) is 9.89. The molecule has 3 aromatic rings. The summed E-state index contributed by atoms with van der Waals surface area (Å²) in [5, 5.41) is 9.54. The fraction of sp³-hybridized carbons (Fsp3) is 0.321. The van der Waals surface area contributed by atoms with E-state index in [2.05, 4.69) is 33.0 Å². The van der Waals surface area contributed by atoms with E-state index >= 15 is 4.39 Å². The number of ether oxygens (including phenoxy) is 3. The zero-order valence-corrected chi connectivity index (χ0v) is 23.0. The Morgan fingerprint density at radius 3 is 2.87 bits per heavy atom. The highest BCUT2D eigenvalue weighted by Gasteiger charge is 2.26. The average Bonchev–Trinajstić information content (AvgIpc) is 3.15. The predicted molar refractivity (Wildman–Crippen MR) is 155 cm³/mol. The van der Waals surface area contributed by atoms with Crippen LogP contribution in [0.4, 0.5) is 21.6 Å². The Balaban J connectivity index is 1.43. The maximum absolute atomic E-state index is 16.3. The molecule has 2 aromatic carbocycles. The van der Waals surface area contributed by atoms with Crippen LogP contribution in [0.5, 0.6) is 11.5 Å². The first-order chi connectivity index (χ1) is 19.0. The zero-order chi connectivity index (χ0) is 27.4. The second-order valence-electron chi connectivity index (χ2n) is 9.16. The van der Waals surface area contributed by atoms with Crippen molar-refractivity contribution < 1.29 is 18.6 Å². The molecular formula is C28H31FN6O3S. The summed E-state index contributed by atoms with van der Waals surface area (Å²) in [7, 11) is 1.53. The van der Waals surface area contributed by atoms with Crippen LogP contribution in [0.15, 0.2) is 59.8 Å². The first-order valence-corrected chi connectivity index (χ1v) is 13.2. The third-order valence-electron chi connectivity index (χ3n) is 6.41. The number of allylic oxidation sites excluding steroid dienone is 1. The zero-order valence-electron chi connectivity index (χ0n) is 22.1. The lowest BCUT2D eigenvalue weighted by molar-refractivity contribution is 0.155. The maximum atomic E-state index is 16.3. The monoisotopic (exact) mass is 550 g/mol. The lowest BCUT2D eigenvalue weighted by Gasteiger charge is -2.27. The fourth-order valence-corrected chi connectivity index (χ4v) is 4.87. The predicted octanol–water partition coefficient (Wildman–Crippen LogP) is 5.06. The summed E-state index contributed by atoms with van der Waals surface area (Å²) in [5.41, 5.74) is 2.44. The van der Waals surface area contributed by atoms with E-state index in [0.29, 0.717) is 55.6 Å². The van der Waals surface area contributed by atoms with Crippen molar-refractivity contribution in [2.24, 2.45) is 5.10 Å². The minimum atomic E-state index is -0.455. The molecule has 0 radical (unpaired) electrons. The van der Waals surface area contributed by atoms with Gasteiger partial charge in [-0.3, -0.25) is 5.01 Å². The molecule has 9 nitrogen and oxygen atoms in total. The highest BCUT2D eigenvalue weighted by atomic mass is 32.1. The number of aryl methyl sites for hydroxylation is 1. The Morgan fingerprint density at radius 2 is 2.13 bits per heavy atom. The third kappa shape index (κ3) is 5.94. The number of hydrazone groups is 1. The summed E-state index contributed by atoms with van der Waals surface area (Å²) in [6, 6.07) is 7.42. The van der Waals surface area contributed by atoms with Gasteiger partial charge in [0.15, 0.2) is 5.82 Å². The number of nitrogens with zero attached hydrogens (tertiary/aromatic N) is 5. The first kappa shape index (κ1) is 26.8. The molecule has 2 aliphatic heterocycles. The fourth-order valence-electron chi connectivity index (χ4n) is 4.57. The SMILES string of the molecule is C/C=N\N1C=CC(Oc2ccc(Nc3ncnc4cc(OC)c(N5CCOCC(S)C5)c(F)c34)cc2C)=CC1. The van der Waals surface area contributed by atoms with Gasteiger partial charge in [0.25, 0.3) is 0 Å². The molecule has 0 aliphatic carbocycles. The van der Waals surface area contributed by atoms with Crippen LogP contribution in [0.3, 0.4) is 0 Å². The minimum absolute atomic E-state index is 0.0516. The first-order valence-electron chi connectivity index (χ1n) is 12.7. The Bertz CT molecular complexity index is 1450. The molecule has 0 saturated carbocycles. The molecule has 39 heavy (non-hydrogen) atoms. The lowest BCUT2D eigenvalue weighted by atomic mass is 10.1. The van der Waals surface area contributed by atoms with Crippen LogP contribution in [0.2, 0.25) is 0 Å². The number of benzene rings is 2. The van der Waals surface area contributed by atoms with Gasteiger partial charge in [-0.05, 0) is 49.8 Å². The van der Waals surface area contributed by atoms with E-state index in [1.54, 1.807) is 12.3 Å². The van der Waals surface area contributed by atoms with Gasteiger partial charge in [0, 0.05) is 42.5 Å². The molecule has 0 spiro atoms. The van der Waals surface area contributed by atoms with Crippen molar-refractivity contribution in [1.29, 1.82) is 0 Å². The van der Waals surface area contributed by atoms with Crippen molar-refractivity contribution in [3.05, 3.63) is 66.1 Å². The van der Waals surface area contributed by atoms with E-state index in [-0.39, 0.29) is 10.6 Å². The Hall–Kier alpha value is -3.83. The van der Waals surface area contributed by atoms with Crippen LogP contribution in [-0.4, -0.2) is 66.4 Å². The van der Waals surface area contributed by atoms with Crippen molar-refractivity contribution >= 4 is 46.9 Å². The molecule has 204 valence electrons. The van der Waals surface area contributed by atoms with Crippen LogP contribution in [0, 0.1) is 12.7 Å². The number of thiol groups is 1. The van der Waals surface area contributed by atoms with Gasteiger partial charge < -0.3 is 24.4 Å².